The van der Waals surface area contributed by atoms with Crippen LogP contribution in [0.1, 0.15) is 27.7 Å². The van der Waals surface area contributed by atoms with Crippen LogP contribution in [0.15, 0.2) is 0 Å². The molecule has 0 aromatic carbocycles. The van der Waals surface area contributed by atoms with Gasteiger partial charge in [-0.15, -0.1) is 0 Å². The van der Waals surface area contributed by atoms with Gasteiger partial charge in [0.05, 0.1) is 12.1 Å². The molecule has 0 radical (unpaired) electrons. The number of hydrogen-bond acceptors (Lipinski definition) is 5. The summed E-state index contributed by atoms with van der Waals surface area (Å²) < 4.78 is 0. The van der Waals surface area contributed by atoms with Gasteiger partial charge in [-0.3, -0.25) is 14.6 Å². The van der Waals surface area contributed by atoms with Crippen LogP contribution in [-0.4, -0.2) is 79.0 Å². The minimum atomic E-state index is 0.0178. The average molecular weight is 282 g/mol. The number of carbonyl (C=O) groups is 1. The summed E-state index contributed by atoms with van der Waals surface area (Å²) in [6.07, 6.45) is 0. The lowest BCUT2D eigenvalue weighted by Crippen LogP contribution is -2.60. The Labute approximate surface area is 123 Å². The van der Waals surface area contributed by atoms with Gasteiger partial charge in [-0.1, -0.05) is 0 Å². The highest BCUT2D eigenvalue weighted by molar-refractivity contribution is 5.88. The van der Waals surface area contributed by atoms with E-state index in [4.69, 9.17) is 0 Å². The molecule has 0 amide bonds. The Bertz CT molecular complexity index is 306. The normalized spacial score (nSPS) is 32.8. The van der Waals surface area contributed by atoms with Crippen LogP contribution in [0.5, 0.6) is 0 Å². The van der Waals surface area contributed by atoms with E-state index < -0.39 is 0 Å². The Hall–Kier alpha value is -0.490. The molecule has 2 fully saturated rings. The summed E-state index contributed by atoms with van der Waals surface area (Å²) in [4.78, 5) is 17.5. The summed E-state index contributed by atoms with van der Waals surface area (Å²) in [5, 5.41) is 6.77. The van der Waals surface area contributed by atoms with Crippen molar-refractivity contribution in [3.8, 4) is 0 Å². The van der Waals surface area contributed by atoms with E-state index >= 15 is 0 Å². The van der Waals surface area contributed by atoms with E-state index in [1.54, 1.807) is 0 Å². The zero-order valence-corrected chi connectivity index (χ0v) is 13.4. The summed E-state index contributed by atoms with van der Waals surface area (Å²) >= 11 is 0. The number of ketones is 1. The minimum Gasteiger partial charge on any atom is -0.314 e. The van der Waals surface area contributed by atoms with E-state index in [2.05, 4.69) is 48.1 Å². The Morgan fingerprint density at radius 2 is 1.35 bits per heavy atom. The third kappa shape index (κ3) is 3.39. The van der Waals surface area contributed by atoms with Crippen molar-refractivity contribution in [2.75, 3.05) is 39.3 Å². The van der Waals surface area contributed by atoms with Crippen molar-refractivity contribution in [2.45, 2.75) is 51.9 Å². The number of nitrogens with zero attached hydrogens (tertiary/aromatic N) is 2. The molecule has 20 heavy (non-hydrogen) atoms. The Morgan fingerprint density at radius 1 is 0.950 bits per heavy atom. The first-order valence-corrected chi connectivity index (χ1v) is 7.99. The molecule has 0 aromatic rings. The number of nitrogens with one attached hydrogen (secondary N) is 2. The van der Waals surface area contributed by atoms with Crippen LogP contribution in [0.2, 0.25) is 0 Å². The van der Waals surface area contributed by atoms with Crippen molar-refractivity contribution in [1.82, 2.24) is 20.4 Å². The molecule has 2 N–H and O–H groups in total. The van der Waals surface area contributed by atoms with Gasteiger partial charge in [-0.25, -0.2) is 0 Å². The molecule has 4 atom stereocenters. The molecule has 2 unspecified atom stereocenters. The summed E-state index contributed by atoms with van der Waals surface area (Å²) in [5.41, 5.74) is 0. The Kier molecular flexibility index (Phi) is 5.55. The molecule has 0 bridgehead atoms. The van der Waals surface area contributed by atoms with Crippen LogP contribution >= 0.6 is 0 Å². The number of piperazine rings is 2. The third-order valence-corrected chi connectivity index (χ3v) is 4.92. The molecule has 2 rings (SSSR count). The Morgan fingerprint density at radius 3 is 1.70 bits per heavy atom. The van der Waals surface area contributed by atoms with Gasteiger partial charge in [-0.05, 0) is 27.7 Å². The van der Waals surface area contributed by atoms with Crippen molar-refractivity contribution in [1.29, 1.82) is 0 Å². The van der Waals surface area contributed by atoms with E-state index in [-0.39, 0.29) is 12.1 Å². The van der Waals surface area contributed by atoms with Gasteiger partial charge in [0.2, 0.25) is 0 Å². The van der Waals surface area contributed by atoms with Crippen molar-refractivity contribution >= 4 is 5.78 Å². The van der Waals surface area contributed by atoms with Crippen LogP contribution in [-0.2, 0) is 4.79 Å². The van der Waals surface area contributed by atoms with Gasteiger partial charge in [0.15, 0.2) is 5.78 Å². The van der Waals surface area contributed by atoms with Gasteiger partial charge in [0.1, 0.15) is 0 Å². The molecule has 0 spiro atoms. The topological polar surface area (TPSA) is 47.6 Å². The first-order chi connectivity index (χ1) is 9.52. The Balaban J connectivity index is 1.98. The summed E-state index contributed by atoms with van der Waals surface area (Å²) in [6.45, 7) is 14.4. The highest BCUT2D eigenvalue weighted by atomic mass is 16.1. The maximum Gasteiger partial charge on any atom is 0.166 e. The second-order valence-electron chi connectivity index (χ2n) is 6.34. The van der Waals surface area contributed by atoms with Gasteiger partial charge in [0.25, 0.3) is 0 Å². The molecule has 2 aliphatic heterocycles. The summed E-state index contributed by atoms with van der Waals surface area (Å²) in [7, 11) is 0. The lowest BCUT2D eigenvalue weighted by Gasteiger charge is -2.42. The van der Waals surface area contributed by atoms with E-state index in [1.807, 2.05) is 0 Å². The fraction of sp³-hybridized carbons (Fsp3) is 0.933. The van der Waals surface area contributed by atoms with E-state index in [0.717, 1.165) is 39.3 Å². The van der Waals surface area contributed by atoms with Crippen molar-refractivity contribution in [2.24, 2.45) is 0 Å². The van der Waals surface area contributed by atoms with E-state index in [9.17, 15) is 4.79 Å². The molecule has 0 aromatic heterocycles. The van der Waals surface area contributed by atoms with E-state index in [0.29, 0.717) is 17.9 Å². The third-order valence-electron chi connectivity index (χ3n) is 4.92. The number of hydrogen-bond donors (Lipinski definition) is 2. The summed E-state index contributed by atoms with van der Waals surface area (Å²) in [6, 6.07) is 0.916. The maximum absolute atomic E-state index is 12.8. The van der Waals surface area contributed by atoms with Crippen LogP contribution in [0, 0.1) is 0 Å². The maximum atomic E-state index is 12.8. The molecular formula is C15H30N4O. The van der Waals surface area contributed by atoms with Gasteiger partial charge in [-0.2, -0.15) is 0 Å². The molecule has 0 saturated carbocycles. The van der Waals surface area contributed by atoms with Crippen molar-refractivity contribution in [3.05, 3.63) is 0 Å². The predicted octanol–water partition coefficient (Wildman–Crippen LogP) is -0.0801. The molecule has 2 heterocycles. The monoisotopic (exact) mass is 282 g/mol. The fourth-order valence-electron chi connectivity index (χ4n) is 3.54. The van der Waals surface area contributed by atoms with E-state index in [1.165, 1.54) is 0 Å². The van der Waals surface area contributed by atoms with Crippen molar-refractivity contribution < 1.29 is 4.79 Å². The second-order valence-corrected chi connectivity index (χ2v) is 6.34. The minimum absolute atomic E-state index is 0.0178. The van der Waals surface area contributed by atoms with Gasteiger partial charge >= 0.3 is 0 Å². The first kappa shape index (κ1) is 15.9. The zero-order valence-electron chi connectivity index (χ0n) is 13.4. The molecule has 116 valence electrons. The highest BCUT2D eigenvalue weighted by Gasteiger charge is 2.34. The average Bonchev–Trinajstić information content (AvgIpc) is 2.46. The van der Waals surface area contributed by atoms with Crippen LogP contribution in [0.4, 0.5) is 0 Å². The standard InChI is InChI=1S/C15H30N4O/c1-11-9-16-5-7-18(11)13(3)15(20)14(4)19-8-6-17-10-12(19)2/h11-14,16-17H,5-10H2,1-4H3/t11-,12-,13?,14?/m0/s1. The van der Waals surface area contributed by atoms with Crippen LogP contribution < -0.4 is 10.6 Å². The number of rotatable bonds is 4. The largest absolute Gasteiger partial charge is 0.314 e. The van der Waals surface area contributed by atoms with Crippen molar-refractivity contribution in [3.63, 3.8) is 0 Å². The predicted molar refractivity (Wildman–Crippen MR) is 82.0 cm³/mol. The highest BCUT2D eigenvalue weighted by Crippen LogP contribution is 2.15. The smallest absolute Gasteiger partial charge is 0.166 e. The molecule has 5 heteroatoms. The molecular weight excluding hydrogens is 252 g/mol. The summed E-state index contributed by atoms with van der Waals surface area (Å²) in [5.74, 6) is 0.368. The SMILES string of the molecule is CC(C(=O)C(C)N1CCNC[C@@H]1C)N1CCNC[C@@H]1C. The molecule has 2 saturated heterocycles. The molecule has 5 nitrogen and oxygen atoms in total. The zero-order chi connectivity index (χ0) is 14.7. The number of Topliss-reactive ketones (excluding diaryl/α,β-unsaturated/α-hetero) is 1. The lowest BCUT2D eigenvalue weighted by molar-refractivity contribution is -0.130. The fourth-order valence-corrected chi connectivity index (χ4v) is 3.54. The van der Waals surface area contributed by atoms with Gasteiger partial charge in [0, 0.05) is 51.4 Å². The van der Waals surface area contributed by atoms with Gasteiger partial charge < -0.3 is 10.6 Å². The second kappa shape index (κ2) is 6.98. The lowest BCUT2D eigenvalue weighted by atomic mass is 10.0. The molecule has 0 aliphatic carbocycles. The van der Waals surface area contributed by atoms with Crippen LogP contribution in [0.3, 0.4) is 0 Å². The number of carbonyl (C=O) groups excluding carboxylic acids is 1. The first-order valence-electron chi connectivity index (χ1n) is 7.99. The quantitative estimate of drug-likeness (QED) is 0.755. The van der Waals surface area contributed by atoms with Crippen LogP contribution in [0.25, 0.3) is 0 Å². The molecule has 2 aliphatic rings.